The molecule has 0 aromatic rings. The summed E-state index contributed by atoms with van der Waals surface area (Å²) in [5, 5.41) is 3.97. The normalized spacial score (nSPS) is 25.2. The molecule has 1 N–H and O–H groups in total. The molecule has 1 aliphatic carbocycles. The van der Waals surface area contributed by atoms with E-state index in [0.29, 0.717) is 5.41 Å². The van der Waals surface area contributed by atoms with Gasteiger partial charge in [0.05, 0.1) is 0 Å². The molecule has 20 heavy (non-hydrogen) atoms. The van der Waals surface area contributed by atoms with Gasteiger partial charge in [0.2, 0.25) is 0 Å². The number of hydrogen-bond acceptors (Lipinski definition) is 2. The Labute approximate surface area is 126 Å². The van der Waals surface area contributed by atoms with E-state index >= 15 is 0 Å². The van der Waals surface area contributed by atoms with Gasteiger partial charge in [-0.3, -0.25) is 0 Å². The minimum Gasteiger partial charge on any atom is -0.381 e. The predicted octanol–water partition coefficient (Wildman–Crippen LogP) is 4.39. The summed E-state index contributed by atoms with van der Waals surface area (Å²) < 4.78 is 5.60. The van der Waals surface area contributed by atoms with Crippen LogP contribution in [0.3, 0.4) is 0 Å². The van der Waals surface area contributed by atoms with Crippen LogP contribution in [-0.2, 0) is 4.74 Å². The zero-order chi connectivity index (χ0) is 14.4. The van der Waals surface area contributed by atoms with Gasteiger partial charge in [0, 0.05) is 19.3 Å². The molecule has 0 radical (unpaired) electrons. The van der Waals surface area contributed by atoms with Crippen LogP contribution in [0.25, 0.3) is 0 Å². The summed E-state index contributed by atoms with van der Waals surface area (Å²) in [6, 6.07) is 0.733. The highest BCUT2D eigenvalue weighted by Crippen LogP contribution is 2.49. The molecule has 1 aliphatic heterocycles. The molecule has 2 nitrogen and oxygen atoms in total. The van der Waals surface area contributed by atoms with Gasteiger partial charge in [0.1, 0.15) is 0 Å². The van der Waals surface area contributed by atoms with Gasteiger partial charge < -0.3 is 10.1 Å². The van der Waals surface area contributed by atoms with E-state index in [9.17, 15) is 0 Å². The zero-order valence-corrected chi connectivity index (χ0v) is 13.9. The van der Waals surface area contributed by atoms with Crippen LogP contribution in [0.5, 0.6) is 0 Å². The van der Waals surface area contributed by atoms with Gasteiger partial charge in [-0.05, 0) is 62.3 Å². The summed E-state index contributed by atoms with van der Waals surface area (Å²) in [5.41, 5.74) is 0.575. The van der Waals surface area contributed by atoms with Gasteiger partial charge in [0.25, 0.3) is 0 Å². The lowest BCUT2D eigenvalue weighted by molar-refractivity contribution is 0.0183. The highest BCUT2D eigenvalue weighted by atomic mass is 16.5. The van der Waals surface area contributed by atoms with Crippen molar-refractivity contribution in [3.05, 3.63) is 0 Å². The van der Waals surface area contributed by atoms with E-state index in [0.717, 1.165) is 31.1 Å². The maximum absolute atomic E-state index is 5.60. The molecule has 0 aromatic carbocycles. The number of nitrogens with one attached hydrogen (secondary N) is 1. The monoisotopic (exact) mass is 281 g/mol. The lowest BCUT2D eigenvalue weighted by Crippen LogP contribution is -2.51. The van der Waals surface area contributed by atoms with E-state index in [2.05, 4.69) is 26.1 Å². The Hall–Kier alpha value is -0.0800. The molecule has 1 unspecified atom stereocenters. The highest BCUT2D eigenvalue weighted by Gasteiger charge is 2.44. The third-order valence-corrected chi connectivity index (χ3v) is 5.43. The Kier molecular flexibility index (Phi) is 6.35. The van der Waals surface area contributed by atoms with Crippen LogP contribution in [0.15, 0.2) is 0 Å². The SMILES string of the molecule is CCCNC(C1CCOCC1)C1(CC(C)C)CCCC1. The fourth-order valence-corrected chi connectivity index (χ4v) is 4.77. The second-order valence-corrected chi connectivity index (χ2v) is 7.55. The maximum atomic E-state index is 5.60. The first kappa shape index (κ1) is 16.3. The largest absolute Gasteiger partial charge is 0.381 e. The third-order valence-electron chi connectivity index (χ3n) is 5.43. The van der Waals surface area contributed by atoms with Crippen molar-refractivity contribution in [1.82, 2.24) is 5.32 Å². The molecule has 2 aliphatic rings. The first-order valence-electron chi connectivity index (χ1n) is 8.99. The van der Waals surface area contributed by atoms with Crippen molar-refractivity contribution in [2.45, 2.75) is 78.2 Å². The Morgan fingerprint density at radius 2 is 1.80 bits per heavy atom. The summed E-state index contributed by atoms with van der Waals surface area (Å²) in [4.78, 5) is 0. The Morgan fingerprint density at radius 3 is 2.35 bits per heavy atom. The van der Waals surface area contributed by atoms with Crippen LogP contribution in [0.2, 0.25) is 0 Å². The molecule has 1 saturated carbocycles. The average Bonchev–Trinajstić information content (AvgIpc) is 2.89. The van der Waals surface area contributed by atoms with Crippen molar-refractivity contribution in [3.8, 4) is 0 Å². The number of hydrogen-bond donors (Lipinski definition) is 1. The Bertz CT molecular complexity index is 265. The summed E-state index contributed by atoms with van der Waals surface area (Å²) in [5.74, 6) is 1.66. The summed E-state index contributed by atoms with van der Waals surface area (Å²) >= 11 is 0. The van der Waals surface area contributed by atoms with Crippen molar-refractivity contribution in [3.63, 3.8) is 0 Å². The van der Waals surface area contributed by atoms with Crippen LogP contribution in [-0.4, -0.2) is 25.8 Å². The van der Waals surface area contributed by atoms with Crippen LogP contribution in [0, 0.1) is 17.3 Å². The lowest BCUT2D eigenvalue weighted by Gasteiger charge is -2.45. The van der Waals surface area contributed by atoms with Crippen molar-refractivity contribution in [1.29, 1.82) is 0 Å². The van der Waals surface area contributed by atoms with E-state index in [-0.39, 0.29) is 0 Å². The highest BCUT2D eigenvalue weighted by molar-refractivity contribution is 4.98. The van der Waals surface area contributed by atoms with Gasteiger partial charge in [-0.2, -0.15) is 0 Å². The zero-order valence-electron chi connectivity index (χ0n) is 13.9. The second-order valence-electron chi connectivity index (χ2n) is 7.55. The summed E-state index contributed by atoms with van der Waals surface area (Å²) in [6.45, 7) is 10.2. The fourth-order valence-electron chi connectivity index (χ4n) is 4.77. The fraction of sp³-hybridized carbons (Fsp3) is 1.00. The topological polar surface area (TPSA) is 21.3 Å². The van der Waals surface area contributed by atoms with Gasteiger partial charge in [-0.15, -0.1) is 0 Å². The molecular formula is C18H35NO. The number of ether oxygens (including phenoxy) is 1. The minimum absolute atomic E-state index is 0.575. The van der Waals surface area contributed by atoms with Crippen molar-refractivity contribution in [2.24, 2.45) is 17.3 Å². The first-order chi connectivity index (χ1) is 9.68. The van der Waals surface area contributed by atoms with Crippen molar-refractivity contribution < 1.29 is 4.74 Å². The van der Waals surface area contributed by atoms with E-state index in [1.54, 1.807) is 0 Å². The van der Waals surface area contributed by atoms with E-state index in [4.69, 9.17) is 4.74 Å². The Morgan fingerprint density at radius 1 is 1.15 bits per heavy atom. The summed E-state index contributed by atoms with van der Waals surface area (Å²) in [6.07, 6.45) is 11.0. The maximum Gasteiger partial charge on any atom is 0.0469 e. The molecular weight excluding hydrogens is 246 g/mol. The average molecular weight is 281 g/mol. The van der Waals surface area contributed by atoms with Gasteiger partial charge in [-0.25, -0.2) is 0 Å². The quantitative estimate of drug-likeness (QED) is 0.747. The molecule has 1 heterocycles. The van der Waals surface area contributed by atoms with E-state index in [1.165, 1.54) is 57.9 Å². The first-order valence-corrected chi connectivity index (χ1v) is 8.99. The van der Waals surface area contributed by atoms with Crippen molar-refractivity contribution in [2.75, 3.05) is 19.8 Å². The van der Waals surface area contributed by atoms with Crippen LogP contribution in [0.4, 0.5) is 0 Å². The predicted molar refractivity (Wildman–Crippen MR) is 86.0 cm³/mol. The molecule has 2 fully saturated rings. The molecule has 1 atom stereocenters. The van der Waals surface area contributed by atoms with Crippen LogP contribution >= 0.6 is 0 Å². The van der Waals surface area contributed by atoms with Gasteiger partial charge in [-0.1, -0.05) is 33.6 Å². The molecule has 0 bridgehead atoms. The molecule has 2 rings (SSSR count). The third kappa shape index (κ3) is 3.98. The standard InChI is InChI=1S/C18H35NO/c1-4-11-19-17(16-7-12-20-13-8-16)18(14-15(2)3)9-5-6-10-18/h15-17,19H,4-14H2,1-3H3. The molecule has 1 saturated heterocycles. The second kappa shape index (κ2) is 7.79. The van der Waals surface area contributed by atoms with E-state index in [1.807, 2.05) is 0 Å². The molecule has 2 heteroatoms. The smallest absolute Gasteiger partial charge is 0.0469 e. The van der Waals surface area contributed by atoms with Gasteiger partial charge in [0.15, 0.2) is 0 Å². The Balaban J connectivity index is 2.12. The number of rotatable bonds is 7. The molecule has 0 amide bonds. The van der Waals surface area contributed by atoms with Crippen LogP contribution < -0.4 is 5.32 Å². The lowest BCUT2D eigenvalue weighted by atomic mass is 9.67. The molecule has 0 aromatic heterocycles. The minimum atomic E-state index is 0.575. The van der Waals surface area contributed by atoms with Crippen LogP contribution in [0.1, 0.15) is 72.1 Å². The van der Waals surface area contributed by atoms with Crippen molar-refractivity contribution >= 4 is 0 Å². The summed E-state index contributed by atoms with van der Waals surface area (Å²) in [7, 11) is 0. The van der Waals surface area contributed by atoms with E-state index < -0.39 is 0 Å². The molecule has 118 valence electrons. The molecule has 0 spiro atoms. The van der Waals surface area contributed by atoms with Gasteiger partial charge >= 0.3 is 0 Å².